The van der Waals surface area contributed by atoms with Crippen LogP contribution in [-0.2, 0) is 6.42 Å². The van der Waals surface area contributed by atoms with E-state index in [2.05, 4.69) is 31.3 Å². The van der Waals surface area contributed by atoms with Gasteiger partial charge in [0.1, 0.15) is 5.75 Å². The fourth-order valence-corrected chi connectivity index (χ4v) is 1.92. The van der Waals surface area contributed by atoms with Gasteiger partial charge in [-0.2, -0.15) is 0 Å². The average Bonchev–Trinajstić information content (AvgIpc) is 2.36. The zero-order chi connectivity index (χ0) is 14.3. The minimum atomic E-state index is -0.658. The number of ether oxygens (including phenoxy) is 1. The Labute approximate surface area is 117 Å². The molecular weight excluding hydrogens is 238 g/mol. The largest absolute Gasteiger partial charge is 0.497 e. The topological polar surface area (TPSA) is 41.5 Å². The van der Waals surface area contributed by atoms with Gasteiger partial charge in [0.25, 0.3) is 0 Å². The first-order valence-corrected chi connectivity index (χ1v) is 6.99. The molecule has 1 aromatic rings. The van der Waals surface area contributed by atoms with Gasteiger partial charge in [0.2, 0.25) is 0 Å². The molecule has 0 aliphatic heterocycles. The number of nitrogens with one attached hydrogen (secondary N) is 1. The lowest BCUT2D eigenvalue weighted by Gasteiger charge is -2.24. The third-order valence-electron chi connectivity index (χ3n) is 3.17. The summed E-state index contributed by atoms with van der Waals surface area (Å²) in [6.07, 6.45) is 1.63. The van der Waals surface area contributed by atoms with Crippen LogP contribution in [-0.4, -0.2) is 30.9 Å². The van der Waals surface area contributed by atoms with Crippen LogP contribution in [0.3, 0.4) is 0 Å². The number of aryl methyl sites for hydroxylation is 1. The second-order valence-electron chi connectivity index (χ2n) is 5.87. The van der Waals surface area contributed by atoms with Gasteiger partial charge in [-0.3, -0.25) is 0 Å². The number of hydrogen-bond donors (Lipinski definition) is 2. The first kappa shape index (κ1) is 16.0. The summed E-state index contributed by atoms with van der Waals surface area (Å²) in [4.78, 5) is 0. The van der Waals surface area contributed by atoms with Crippen molar-refractivity contribution in [3.63, 3.8) is 0 Å². The first-order chi connectivity index (χ1) is 8.93. The summed E-state index contributed by atoms with van der Waals surface area (Å²) in [6.45, 7) is 7.81. The van der Waals surface area contributed by atoms with Crippen LogP contribution in [0.1, 0.15) is 32.8 Å². The summed E-state index contributed by atoms with van der Waals surface area (Å²) < 4.78 is 5.13. The molecule has 1 aromatic carbocycles. The van der Waals surface area contributed by atoms with E-state index in [1.54, 1.807) is 7.11 Å². The van der Waals surface area contributed by atoms with Crippen LogP contribution in [0.4, 0.5) is 0 Å². The van der Waals surface area contributed by atoms with Gasteiger partial charge in [-0.15, -0.1) is 0 Å². The standard InChI is InChI=1S/C16H27NO2/c1-13(2)11-17-12-16(3,18)10-9-14-5-7-15(19-4)8-6-14/h5-8,13,17-18H,9-12H2,1-4H3. The number of aliphatic hydroxyl groups is 1. The van der Waals surface area contributed by atoms with Crippen molar-refractivity contribution >= 4 is 0 Å². The van der Waals surface area contributed by atoms with Gasteiger partial charge in [0.15, 0.2) is 0 Å². The fraction of sp³-hybridized carbons (Fsp3) is 0.625. The van der Waals surface area contributed by atoms with Crippen molar-refractivity contribution < 1.29 is 9.84 Å². The molecule has 3 heteroatoms. The minimum absolute atomic E-state index is 0.609. The van der Waals surface area contributed by atoms with Crippen LogP contribution in [0.15, 0.2) is 24.3 Å². The normalized spacial score (nSPS) is 14.4. The molecule has 0 fully saturated rings. The molecule has 0 aliphatic rings. The molecule has 0 saturated carbocycles. The van der Waals surface area contributed by atoms with E-state index in [1.807, 2.05) is 19.1 Å². The van der Waals surface area contributed by atoms with Gasteiger partial charge in [-0.25, -0.2) is 0 Å². The third-order valence-corrected chi connectivity index (χ3v) is 3.17. The molecule has 1 rings (SSSR count). The average molecular weight is 265 g/mol. The predicted molar refractivity (Wildman–Crippen MR) is 79.6 cm³/mol. The molecule has 0 radical (unpaired) electrons. The molecule has 1 atom stereocenters. The van der Waals surface area contributed by atoms with Crippen molar-refractivity contribution in [2.75, 3.05) is 20.2 Å². The fourth-order valence-electron chi connectivity index (χ4n) is 1.92. The molecule has 0 aliphatic carbocycles. The Bertz CT molecular complexity index is 358. The van der Waals surface area contributed by atoms with Crippen molar-refractivity contribution in [1.82, 2.24) is 5.32 Å². The summed E-state index contributed by atoms with van der Waals surface area (Å²) in [5.41, 5.74) is 0.569. The van der Waals surface area contributed by atoms with Crippen LogP contribution in [0.25, 0.3) is 0 Å². The number of rotatable bonds is 8. The van der Waals surface area contributed by atoms with Gasteiger partial charge in [0, 0.05) is 6.54 Å². The lowest BCUT2D eigenvalue weighted by molar-refractivity contribution is 0.0506. The van der Waals surface area contributed by atoms with Crippen LogP contribution < -0.4 is 10.1 Å². The van der Waals surface area contributed by atoms with Crippen LogP contribution >= 0.6 is 0 Å². The maximum absolute atomic E-state index is 10.3. The maximum atomic E-state index is 10.3. The monoisotopic (exact) mass is 265 g/mol. The predicted octanol–water partition coefficient (Wildman–Crippen LogP) is 2.62. The highest BCUT2D eigenvalue weighted by Crippen LogP contribution is 2.16. The van der Waals surface area contributed by atoms with Gasteiger partial charge < -0.3 is 15.2 Å². The highest BCUT2D eigenvalue weighted by Gasteiger charge is 2.19. The molecule has 0 amide bonds. The molecule has 3 nitrogen and oxygen atoms in total. The van der Waals surface area contributed by atoms with Gasteiger partial charge >= 0.3 is 0 Å². The number of hydrogen-bond acceptors (Lipinski definition) is 3. The van der Waals surface area contributed by atoms with E-state index in [0.717, 1.165) is 25.1 Å². The van der Waals surface area contributed by atoms with Crippen molar-refractivity contribution in [2.24, 2.45) is 5.92 Å². The molecule has 0 spiro atoms. The molecule has 19 heavy (non-hydrogen) atoms. The van der Waals surface area contributed by atoms with E-state index in [4.69, 9.17) is 4.74 Å². The Hall–Kier alpha value is -1.06. The second kappa shape index (κ2) is 7.51. The van der Waals surface area contributed by atoms with E-state index >= 15 is 0 Å². The summed E-state index contributed by atoms with van der Waals surface area (Å²) >= 11 is 0. The van der Waals surface area contributed by atoms with E-state index in [1.165, 1.54) is 5.56 Å². The Morgan fingerprint density at radius 2 is 1.89 bits per heavy atom. The van der Waals surface area contributed by atoms with Crippen molar-refractivity contribution in [3.8, 4) is 5.75 Å². The third kappa shape index (κ3) is 6.60. The van der Waals surface area contributed by atoms with E-state index in [9.17, 15) is 5.11 Å². The molecule has 0 bridgehead atoms. The SMILES string of the molecule is COc1ccc(CCC(C)(O)CNCC(C)C)cc1. The van der Waals surface area contributed by atoms with Gasteiger partial charge in [-0.1, -0.05) is 26.0 Å². The maximum Gasteiger partial charge on any atom is 0.118 e. The van der Waals surface area contributed by atoms with E-state index in [0.29, 0.717) is 12.5 Å². The molecule has 0 heterocycles. The van der Waals surface area contributed by atoms with Crippen molar-refractivity contribution in [3.05, 3.63) is 29.8 Å². The number of benzene rings is 1. The smallest absolute Gasteiger partial charge is 0.118 e. The Morgan fingerprint density at radius 3 is 2.42 bits per heavy atom. The molecule has 2 N–H and O–H groups in total. The molecule has 0 saturated heterocycles. The Morgan fingerprint density at radius 1 is 1.26 bits per heavy atom. The second-order valence-corrected chi connectivity index (χ2v) is 5.87. The van der Waals surface area contributed by atoms with E-state index < -0.39 is 5.60 Å². The number of methoxy groups -OCH3 is 1. The molecule has 0 aromatic heterocycles. The Balaban J connectivity index is 2.36. The summed E-state index contributed by atoms with van der Waals surface area (Å²) in [5.74, 6) is 1.48. The molecule has 1 unspecified atom stereocenters. The van der Waals surface area contributed by atoms with Crippen LogP contribution in [0.2, 0.25) is 0 Å². The summed E-state index contributed by atoms with van der Waals surface area (Å²) in [6, 6.07) is 8.02. The highest BCUT2D eigenvalue weighted by molar-refractivity contribution is 5.27. The van der Waals surface area contributed by atoms with Gasteiger partial charge in [-0.05, 0) is 49.9 Å². The Kier molecular flexibility index (Phi) is 6.32. The molecular formula is C16H27NO2. The first-order valence-electron chi connectivity index (χ1n) is 6.99. The van der Waals surface area contributed by atoms with Crippen molar-refractivity contribution in [2.45, 2.75) is 39.2 Å². The minimum Gasteiger partial charge on any atom is -0.497 e. The quantitative estimate of drug-likeness (QED) is 0.759. The molecule has 108 valence electrons. The summed E-state index contributed by atoms with van der Waals surface area (Å²) in [5, 5.41) is 13.6. The highest BCUT2D eigenvalue weighted by atomic mass is 16.5. The lowest BCUT2D eigenvalue weighted by atomic mass is 9.96. The van der Waals surface area contributed by atoms with E-state index in [-0.39, 0.29) is 0 Å². The lowest BCUT2D eigenvalue weighted by Crippen LogP contribution is -2.39. The van der Waals surface area contributed by atoms with Gasteiger partial charge in [0.05, 0.1) is 12.7 Å². The zero-order valence-corrected chi connectivity index (χ0v) is 12.6. The van der Waals surface area contributed by atoms with Crippen LogP contribution in [0.5, 0.6) is 5.75 Å². The zero-order valence-electron chi connectivity index (χ0n) is 12.6. The summed E-state index contributed by atoms with van der Waals surface area (Å²) in [7, 11) is 1.67. The van der Waals surface area contributed by atoms with Crippen molar-refractivity contribution in [1.29, 1.82) is 0 Å². The van der Waals surface area contributed by atoms with Crippen LogP contribution in [0, 0.1) is 5.92 Å².